The Morgan fingerprint density at radius 3 is 2.65 bits per heavy atom. The smallest absolute Gasteiger partial charge is 0.326 e. The molecule has 0 aliphatic heterocycles. The Morgan fingerprint density at radius 2 is 2.06 bits per heavy atom. The van der Waals surface area contributed by atoms with Crippen LogP contribution < -0.4 is 5.32 Å². The number of halogens is 3. The summed E-state index contributed by atoms with van der Waals surface area (Å²) in [6, 6.07) is 4.33. The fourth-order valence-electron chi connectivity index (χ4n) is 1.19. The third kappa shape index (κ3) is 4.26. The van der Waals surface area contributed by atoms with Crippen molar-refractivity contribution in [3.63, 3.8) is 0 Å². The summed E-state index contributed by atoms with van der Waals surface area (Å²) < 4.78 is 37.0. The van der Waals surface area contributed by atoms with Crippen LogP contribution in [0.15, 0.2) is 24.3 Å². The molecule has 1 N–H and O–H groups in total. The van der Waals surface area contributed by atoms with Crippen LogP contribution in [0.25, 0.3) is 0 Å². The van der Waals surface area contributed by atoms with E-state index in [1.807, 2.05) is 0 Å². The van der Waals surface area contributed by atoms with Crippen LogP contribution in [0.4, 0.5) is 18.9 Å². The van der Waals surface area contributed by atoms with Crippen LogP contribution in [-0.4, -0.2) is 12.2 Å². The Labute approximate surface area is 95.6 Å². The molecule has 1 aromatic carbocycles. The van der Waals surface area contributed by atoms with Gasteiger partial charge in [-0.2, -0.15) is 13.2 Å². The van der Waals surface area contributed by atoms with Gasteiger partial charge in [0.25, 0.3) is 0 Å². The van der Waals surface area contributed by atoms with Gasteiger partial charge in [-0.25, -0.2) is 0 Å². The van der Waals surface area contributed by atoms with Gasteiger partial charge in [-0.15, -0.1) is 0 Å². The third-order valence-corrected chi connectivity index (χ3v) is 1.96. The maximum absolute atomic E-state index is 12.3. The predicted octanol–water partition coefficient (Wildman–Crippen LogP) is 2.62. The molecule has 0 bridgehead atoms. The van der Waals surface area contributed by atoms with Crippen LogP contribution in [0.2, 0.25) is 0 Å². The van der Waals surface area contributed by atoms with E-state index in [1.165, 1.54) is 12.1 Å². The predicted molar refractivity (Wildman–Crippen MR) is 55.4 cm³/mol. The van der Waals surface area contributed by atoms with E-state index in [1.54, 1.807) is 0 Å². The lowest BCUT2D eigenvalue weighted by Crippen LogP contribution is -2.12. The summed E-state index contributed by atoms with van der Waals surface area (Å²) in [5, 5.41) is 2.29. The van der Waals surface area contributed by atoms with E-state index < -0.39 is 17.6 Å². The molecule has 0 saturated heterocycles. The molecule has 1 aromatic rings. The molecule has 1 rings (SSSR count). The van der Waals surface area contributed by atoms with Crippen molar-refractivity contribution in [1.82, 2.24) is 0 Å². The van der Waals surface area contributed by atoms with Crippen molar-refractivity contribution in [3.05, 3.63) is 29.8 Å². The highest BCUT2D eigenvalue weighted by atomic mass is 19.4. The van der Waals surface area contributed by atoms with E-state index >= 15 is 0 Å². The maximum Gasteiger partial charge on any atom is 0.416 e. The van der Waals surface area contributed by atoms with Crippen LogP contribution in [0.5, 0.6) is 0 Å². The number of carbonyl (C=O) groups excluding carboxylic acids is 2. The van der Waals surface area contributed by atoms with E-state index in [9.17, 15) is 22.8 Å². The van der Waals surface area contributed by atoms with Crippen LogP contribution in [0.3, 0.4) is 0 Å². The van der Waals surface area contributed by atoms with Crippen LogP contribution in [0, 0.1) is 0 Å². The van der Waals surface area contributed by atoms with Gasteiger partial charge in [0.1, 0.15) is 6.29 Å². The first-order valence-corrected chi connectivity index (χ1v) is 4.84. The van der Waals surface area contributed by atoms with Gasteiger partial charge in [0.2, 0.25) is 5.91 Å². The zero-order valence-electron chi connectivity index (χ0n) is 8.75. The summed E-state index contributed by atoms with van der Waals surface area (Å²) in [7, 11) is 0. The number of hydrogen-bond acceptors (Lipinski definition) is 2. The molecule has 0 aromatic heterocycles. The largest absolute Gasteiger partial charge is 0.416 e. The van der Waals surface area contributed by atoms with Gasteiger partial charge in [-0.1, -0.05) is 6.07 Å². The van der Waals surface area contributed by atoms with Gasteiger partial charge in [0.15, 0.2) is 0 Å². The van der Waals surface area contributed by atoms with Crippen molar-refractivity contribution in [2.75, 3.05) is 5.32 Å². The van der Waals surface area contributed by atoms with Gasteiger partial charge in [-0.3, -0.25) is 4.79 Å². The van der Waals surface area contributed by atoms with Crippen LogP contribution in [0.1, 0.15) is 18.4 Å². The highest BCUT2D eigenvalue weighted by molar-refractivity contribution is 5.91. The highest BCUT2D eigenvalue weighted by Gasteiger charge is 2.30. The molecule has 1 amide bonds. The summed E-state index contributed by atoms with van der Waals surface area (Å²) in [6.45, 7) is 0. The second-order valence-corrected chi connectivity index (χ2v) is 3.33. The van der Waals surface area contributed by atoms with Crippen molar-refractivity contribution in [3.8, 4) is 0 Å². The first-order valence-electron chi connectivity index (χ1n) is 4.84. The van der Waals surface area contributed by atoms with Crippen molar-refractivity contribution in [2.45, 2.75) is 19.0 Å². The number of carbonyl (C=O) groups is 2. The van der Waals surface area contributed by atoms with E-state index in [2.05, 4.69) is 5.32 Å². The first-order chi connectivity index (χ1) is 7.93. The molecule has 0 aliphatic carbocycles. The molecule has 0 saturated carbocycles. The first kappa shape index (κ1) is 13.2. The minimum atomic E-state index is -4.44. The molecule has 0 spiro atoms. The summed E-state index contributed by atoms with van der Waals surface area (Å²) in [6.07, 6.45) is -3.86. The average molecular weight is 245 g/mol. The highest BCUT2D eigenvalue weighted by Crippen LogP contribution is 2.30. The second kappa shape index (κ2) is 5.47. The lowest BCUT2D eigenvalue weighted by molar-refractivity contribution is -0.137. The lowest BCUT2D eigenvalue weighted by atomic mass is 10.2. The molecule has 6 heteroatoms. The molecule has 3 nitrogen and oxygen atoms in total. The van der Waals surface area contributed by atoms with E-state index in [4.69, 9.17) is 0 Å². The third-order valence-electron chi connectivity index (χ3n) is 1.96. The molecule has 92 valence electrons. The SMILES string of the molecule is O=CCCC(=O)Nc1cccc(C(F)(F)F)c1. The summed E-state index contributed by atoms with van der Waals surface area (Å²) >= 11 is 0. The molecule has 0 radical (unpaired) electrons. The summed E-state index contributed by atoms with van der Waals surface area (Å²) in [5.74, 6) is -0.489. The Hall–Kier alpha value is -1.85. The zero-order chi connectivity index (χ0) is 12.9. The molecule has 0 heterocycles. The maximum atomic E-state index is 12.3. The van der Waals surface area contributed by atoms with Crippen LogP contribution >= 0.6 is 0 Å². The topological polar surface area (TPSA) is 46.2 Å². The Kier molecular flexibility index (Phi) is 4.25. The van der Waals surface area contributed by atoms with E-state index in [0.29, 0.717) is 6.29 Å². The number of anilines is 1. The van der Waals surface area contributed by atoms with E-state index in [0.717, 1.165) is 12.1 Å². The van der Waals surface area contributed by atoms with Gasteiger partial charge in [0.05, 0.1) is 5.56 Å². The molecular weight excluding hydrogens is 235 g/mol. The van der Waals surface area contributed by atoms with Gasteiger partial charge in [0, 0.05) is 18.5 Å². The van der Waals surface area contributed by atoms with Crippen LogP contribution in [-0.2, 0) is 15.8 Å². The van der Waals surface area contributed by atoms with Crippen molar-refractivity contribution >= 4 is 17.9 Å². The monoisotopic (exact) mass is 245 g/mol. The van der Waals surface area contributed by atoms with Crippen molar-refractivity contribution < 1.29 is 22.8 Å². The normalized spacial score (nSPS) is 11.0. The minimum absolute atomic E-state index is 0.0419. The Balaban J connectivity index is 2.72. The number of rotatable bonds is 4. The molecule has 0 aliphatic rings. The minimum Gasteiger partial charge on any atom is -0.326 e. The zero-order valence-corrected chi connectivity index (χ0v) is 8.75. The average Bonchev–Trinajstić information content (AvgIpc) is 2.25. The fourth-order valence-corrected chi connectivity index (χ4v) is 1.19. The fraction of sp³-hybridized carbons (Fsp3) is 0.273. The van der Waals surface area contributed by atoms with Gasteiger partial charge >= 0.3 is 6.18 Å². The summed E-state index contributed by atoms with van der Waals surface area (Å²) in [4.78, 5) is 21.2. The summed E-state index contributed by atoms with van der Waals surface area (Å²) in [5.41, 5.74) is -0.763. The lowest BCUT2D eigenvalue weighted by Gasteiger charge is -2.09. The Morgan fingerprint density at radius 1 is 1.35 bits per heavy atom. The molecular formula is C11H10F3NO2. The number of alkyl halides is 3. The van der Waals surface area contributed by atoms with Crippen molar-refractivity contribution in [1.29, 1.82) is 0 Å². The quantitative estimate of drug-likeness (QED) is 0.829. The van der Waals surface area contributed by atoms with Gasteiger partial charge < -0.3 is 10.1 Å². The van der Waals surface area contributed by atoms with Crippen molar-refractivity contribution in [2.24, 2.45) is 0 Å². The molecule has 0 fully saturated rings. The number of hydrogen-bond donors (Lipinski definition) is 1. The number of nitrogens with one attached hydrogen (secondary N) is 1. The number of amides is 1. The second-order valence-electron chi connectivity index (χ2n) is 3.33. The number of benzene rings is 1. The Bertz CT molecular complexity index is 415. The standard InChI is InChI=1S/C11H10F3NO2/c12-11(13,14)8-3-1-4-9(7-8)15-10(17)5-2-6-16/h1,3-4,6-7H,2,5H2,(H,15,17). The van der Waals surface area contributed by atoms with E-state index in [-0.39, 0.29) is 18.5 Å². The molecule has 17 heavy (non-hydrogen) atoms. The molecule has 0 unspecified atom stereocenters. The molecule has 0 atom stereocenters. The van der Waals surface area contributed by atoms with Gasteiger partial charge in [-0.05, 0) is 18.2 Å². The number of aldehydes is 1.